The summed E-state index contributed by atoms with van der Waals surface area (Å²) in [5, 5.41) is 12.4. The van der Waals surface area contributed by atoms with Crippen LogP contribution in [-0.4, -0.2) is 23.7 Å². The van der Waals surface area contributed by atoms with Gasteiger partial charge in [0.05, 0.1) is 0 Å². The minimum atomic E-state index is -0.654. The van der Waals surface area contributed by atoms with Crippen LogP contribution in [0.4, 0.5) is 0 Å². The first kappa shape index (κ1) is 19.5. The first-order valence-electron chi connectivity index (χ1n) is 9.69. The second-order valence-corrected chi connectivity index (χ2v) is 7.01. The molecule has 0 aliphatic heterocycles. The highest BCUT2D eigenvalue weighted by molar-refractivity contribution is 5.66. The first-order valence-corrected chi connectivity index (χ1v) is 9.69. The van der Waals surface area contributed by atoms with Crippen LogP contribution in [0.5, 0.6) is 0 Å². The van der Waals surface area contributed by atoms with Crippen molar-refractivity contribution in [1.82, 2.24) is 5.32 Å². The summed E-state index contributed by atoms with van der Waals surface area (Å²) in [6.07, 6.45) is 17.0. The van der Waals surface area contributed by atoms with Crippen LogP contribution >= 0.6 is 0 Å². The first-order chi connectivity index (χ1) is 10.7. The molecule has 130 valence electrons. The number of carboxylic acids is 1. The Morgan fingerprint density at radius 2 is 1.73 bits per heavy atom. The summed E-state index contributed by atoms with van der Waals surface area (Å²) in [6, 6.07) is 0.755. The van der Waals surface area contributed by atoms with Crippen molar-refractivity contribution in [1.29, 1.82) is 0 Å². The Labute approximate surface area is 137 Å². The van der Waals surface area contributed by atoms with Crippen molar-refractivity contribution in [2.45, 2.75) is 103 Å². The molecule has 22 heavy (non-hydrogen) atoms. The minimum Gasteiger partial charge on any atom is -0.481 e. The lowest BCUT2D eigenvalue weighted by atomic mass is 9.95. The van der Waals surface area contributed by atoms with Crippen LogP contribution in [0.15, 0.2) is 0 Å². The van der Waals surface area contributed by atoms with Gasteiger partial charge in [-0.3, -0.25) is 4.79 Å². The molecule has 0 heterocycles. The molecule has 0 aromatic carbocycles. The Morgan fingerprint density at radius 1 is 1.00 bits per heavy atom. The van der Waals surface area contributed by atoms with Gasteiger partial charge in [-0.15, -0.1) is 0 Å². The fourth-order valence-corrected chi connectivity index (χ4v) is 3.70. The molecular formula is C19H37NO2. The third-order valence-electron chi connectivity index (χ3n) is 5.06. The molecule has 0 spiro atoms. The molecule has 0 amide bonds. The average molecular weight is 312 g/mol. The fourth-order valence-electron chi connectivity index (χ4n) is 3.70. The summed E-state index contributed by atoms with van der Waals surface area (Å²) in [4.78, 5) is 10.5. The highest BCUT2D eigenvalue weighted by atomic mass is 16.4. The molecule has 1 rings (SSSR count). The van der Waals surface area contributed by atoms with E-state index < -0.39 is 5.97 Å². The van der Waals surface area contributed by atoms with Crippen molar-refractivity contribution in [2.24, 2.45) is 5.92 Å². The van der Waals surface area contributed by atoms with E-state index in [2.05, 4.69) is 12.2 Å². The summed E-state index contributed by atoms with van der Waals surface area (Å²) in [6.45, 7) is 3.46. The van der Waals surface area contributed by atoms with Crippen LogP contribution in [-0.2, 0) is 4.79 Å². The zero-order valence-electron chi connectivity index (χ0n) is 14.6. The summed E-state index contributed by atoms with van der Waals surface area (Å²) >= 11 is 0. The lowest BCUT2D eigenvalue weighted by Crippen LogP contribution is -2.33. The van der Waals surface area contributed by atoms with Crippen molar-refractivity contribution in [2.75, 3.05) is 6.54 Å². The van der Waals surface area contributed by atoms with Crippen LogP contribution in [0.3, 0.4) is 0 Å². The molecule has 2 atom stereocenters. The Hall–Kier alpha value is -0.570. The smallest absolute Gasteiger partial charge is 0.303 e. The molecule has 0 bridgehead atoms. The molecule has 1 aliphatic carbocycles. The van der Waals surface area contributed by atoms with E-state index in [1.807, 2.05) is 0 Å². The Morgan fingerprint density at radius 3 is 2.50 bits per heavy atom. The normalized spacial score (nSPS) is 21.3. The summed E-state index contributed by atoms with van der Waals surface area (Å²) in [5.74, 6) is 0.217. The molecule has 0 saturated heterocycles. The van der Waals surface area contributed by atoms with E-state index in [0.717, 1.165) is 24.8 Å². The Balaban J connectivity index is 1.99. The molecule has 1 aliphatic rings. The van der Waals surface area contributed by atoms with Crippen molar-refractivity contribution < 1.29 is 9.90 Å². The third kappa shape index (κ3) is 9.45. The number of hydrogen-bond donors (Lipinski definition) is 2. The summed E-state index contributed by atoms with van der Waals surface area (Å²) in [7, 11) is 0. The highest BCUT2D eigenvalue weighted by Crippen LogP contribution is 2.30. The van der Waals surface area contributed by atoms with Crippen LogP contribution in [0, 0.1) is 5.92 Å². The zero-order chi connectivity index (χ0) is 16.0. The van der Waals surface area contributed by atoms with E-state index in [1.165, 1.54) is 77.2 Å². The van der Waals surface area contributed by atoms with Crippen molar-refractivity contribution in [3.05, 3.63) is 0 Å². The van der Waals surface area contributed by atoms with Gasteiger partial charge in [-0.25, -0.2) is 0 Å². The summed E-state index contributed by atoms with van der Waals surface area (Å²) < 4.78 is 0. The van der Waals surface area contributed by atoms with Crippen LogP contribution in [0.25, 0.3) is 0 Å². The monoisotopic (exact) mass is 311 g/mol. The maximum absolute atomic E-state index is 10.5. The van der Waals surface area contributed by atoms with E-state index >= 15 is 0 Å². The van der Waals surface area contributed by atoms with Crippen molar-refractivity contribution >= 4 is 5.97 Å². The van der Waals surface area contributed by atoms with Gasteiger partial charge < -0.3 is 10.4 Å². The number of unbranched alkanes of at least 4 members (excludes halogenated alkanes) is 7. The van der Waals surface area contributed by atoms with Crippen LogP contribution in [0.2, 0.25) is 0 Å². The Bertz CT molecular complexity index is 281. The molecule has 3 nitrogen and oxygen atoms in total. The number of hydrogen-bond acceptors (Lipinski definition) is 2. The van der Waals surface area contributed by atoms with Gasteiger partial charge in [-0.1, -0.05) is 58.3 Å². The van der Waals surface area contributed by atoms with Crippen molar-refractivity contribution in [3.8, 4) is 0 Å². The molecule has 0 aromatic rings. The molecule has 1 fully saturated rings. The van der Waals surface area contributed by atoms with Gasteiger partial charge in [0.25, 0.3) is 0 Å². The fraction of sp³-hybridized carbons (Fsp3) is 0.947. The molecule has 0 aromatic heterocycles. The lowest BCUT2D eigenvalue weighted by molar-refractivity contribution is -0.137. The summed E-state index contributed by atoms with van der Waals surface area (Å²) in [5.41, 5.74) is 0. The van der Waals surface area contributed by atoms with E-state index in [-0.39, 0.29) is 0 Å². The standard InChI is InChI=1S/C19H37NO2/c1-2-3-4-7-10-16-20-18-14-11-13-17(18)12-8-5-6-9-15-19(21)22/h17-18,20H,2-16H2,1H3,(H,21,22)/t17-,18+/m1/s1. The molecule has 0 unspecified atom stereocenters. The van der Waals surface area contributed by atoms with Crippen LogP contribution in [0.1, 0.15) is 96.8 Å². The molecule has 0 radical (unpaired) electrons. The van der Waals surface area contributed by atoms with Gasteiger partial charge >= 0.3 is 5.97 Å². The lowest BCUT2D eigenvalue weighted by Gasteiger charge is -2.21. The van der Waals surface area contributed by atoms with E-state index in [4.69, 9.17) is 5.11 Å². The number of nitrogens with one attached hydrogen (secondary N) is 1. The number of carboxylic acid groups (broad SMARTS) is 1. The topological polar surface area (TPSA) is 49.3 Å². The molecule has 2 N–H and O–H groups in total. The van der Waals surface area contributed by atoms with E-state index in [0.29, 0.717) is 6.42 Å². The highest BCUT2D eigenvalue weighted by Gasteiger charge is 2.25. The van der Waals surface area contributed by atoms with Gasteiger partial charge in [0.1, 0.15) is 0 Å². The second kappa shape index (κ2) is 12.9. The Kier molecular flexibility index (Phi) is 11.4. The number of carbonyl (C=O) groups is 1. The minimum absolute atomic E-state index is 0.339. The maximum Gasteiger partial charge on any atom is 0.303 e. The van der Waals surface area contributed by atoms with Gasteiger partial charge in [-0.05, 0) is 44.6 Å². The largest absolute Gasteiger partial charge is 0.481 e. The van der Waals surface area contributed by atoms with Gasteiger partial charge in [0.15, 0.2) is 0 Å². The zero-order valence-corrected chi connectivity index (χ0v) is 14.6. The number of rotatable bonds is 14. The van der Waals surface area contributed by atoms with Gasteiger partial charge in [0.2, 0.25) is 0 Å². The average Bonchev–Trinajstić information content (AvgIpc) is 2.93. The predicted octanol–water partition coefficient (Wildman–Crippen LogP) is 5.14. The second-order valence-electron chi connectivity index (χ2n) is 7.01. The molecular weight excluding hydrogens is 274 g/mol. The van der Waals surface area contributed by atoms with Gasteiger partial charge in [-0.2, -0.15) is 0 Å². The SMILES string of the molecule is CCCCCCCN[C@H]1CCC[C@H]1CCCCCCC(=O)O. The van der Waals surface area contributed by atoms with Crippen molar-refractivity contribution in [3.63, 3.8) is 0 Å². The molecule has 1 saturated carbocycles. The number of aliphatic carboxylic acids is 1. The quantitative estimate of drug-likeness (QED) is 0.437. The van der Waals surface area contributed by atoms with E-state index in [9.17, 15) is 4.79 Å². The predicted molar refractivity (Wildman–Crippen MR) is 93.2 cm³/mol. The molecule has 3 heteroatoms. The van der Waals surface area contributed by atoms with E-state index in [1.54, 1.807) is 0 Å². The third-order valence-corrected chi connectivity index (χ3v) is 5.06. The van der Waals surface area contributed by atoms with Crippen LogP contribution < -0.4 is 5.32 Å². The maximum atomic E-state index is 10.5. The van der Waals surface area contributed by atoms with Gasteiger partial charge in [0, 0.05) is 12.5 Å².